The van der Waals surface area contributed by atoms with Gasteiger partial charge in [-0.3, -0.25) is 9.69 Å². The van der Waals surface area contributed by atoms with Crippen molar-refractivity contribution in [3.05, 3.63) is 35.9 Å². The number of amides is 1. The van der Waals surface area contributed by atoms with Gasteiger partial charge in [-0.05, 0) is 12.2 Å². The molecule has 4 heteroatoms. The SMILES string of the molecule is O=C1C(O)C(O)=C2C=CC=CN12. The largest absolute Gasteiger partial charge is 0.507 e. The highest BCUT2D eigenvalue weighted by Crippen LogP contribution is 2.26. The first-order valence-corrected chi connectivity index (χ1v) is 3.51. The maximum Gasteiger partial charge on any atom is 0.267 e. The van der Waals surface area contributed by atoms with Crippen LogP contribution in [0.3, 0.4) is 0 Å². The smallest absolute Gasteiger partial charge is 0.267 e. The summed E-state index contributed by atoms with van der Waals surface area (Å²) in [6.45, 7) is 0. The van der Waals surface area contributed by atoms with Gasteiger partial charge in [0.15, 0.2) is 11.9 Å². The van der Waals surface area contributed by atoms with Crippen molar-refractivity contribution in [2.45, 2.75) is 6.10 Å². The molecule has 0 spiro atoms. The molecule has 2 heterocycles. The van der Waals surface area contributed by atoms with E-state index in [1.807, 2.05) is 0 Å². The van der Waals surface area contributed by atoms with Crippen LogP contribution < -0.4 is 0 Å². The third-order valence-electron chi connectivity index (χ3n) is 1.85. The lowest BCUT2D eigenvalue weighted by Gasteiger charge is -2.14. The van der Waals surface area contributed by atoms with Crippen molar-refractivity contribution in [3.8, 4) is 0 Å². The second-order valence-electron chi connectivity index (χ2n) is 2.58. The molecule has 0 fully saturated rings. The minimum atomic E-state index is -1.40. The highest BCUT2D eigenvalue weighted by Gasteiger charge is 2.36. The Morgan fingerprint density at radius 2 is 2.17 bits per heavy atom. The maximum absolute atomic E-state index is 11.1. The molecule has 0 saturated carbocycles. The van der Waals surface area contributed by atoms with Crippen LogP contribution in [-0.2, 0) is 4.79 Å². The molecular formula is C8H7NO3. The van der Waals surface area contributed by atoms with E-state index in [0.717, 1.165) is 0 Å². The molecule has 2 aliphatic rings. The summed E-state index contributed by atoms with van der Waals surface area (Å²) in [6, 6.07) is 0. The minimum absolute atomic E-state index is 0.277. The predicted molar refractivity (Wildman–Crippen MR) is 40.8 cm³/mol. The molecule has 0 radical (unpaired) electrons. The number of nitrogens with zero attached hydrogens (tertiary/aromatic N) is 1. The first-order chi connectivity index (χ1) is 5.72. The van der Waals surface area contributed by atoms with Gasteiger partial charge in [-0.25, -0.2) is 0 Å². The first-order valence-electron chi connectivity index (χ1n) is 3.51. The first kappa shape index (κ1) is 7.12. The monoisotopic (exact) mass is 165 g/mol. The molecule has 4 nitrogen and oxygen atoms in total. The Morgan fingerprint density at radius 1 is 1.42 bits per heavy atom. The quantitative estimate of drug-likeness (QED) is 0.533. The Labute approximate surface area is 68.7 Å². The summed E-state index contributed by atoms with van der Waals surface area (Å²) >= 11 is 0. The number of hydrogen-bond acceptors (Lipinski definition) is 3. The lowest BCUT2D eigenvalue weighted by atomic mass is 10.3. The number of aliphatic hydroxyl groups excluding tert-OH is 2. The van der Waals surface area contributed by atoms with Crippen LogP contribution in [-0.4, -0.2) is 27.1 Å². The van der Waals surface area contributed by atoms with E-state index < -0.39 is 12.0 Å². The van der Waals surface area contributed by atoms with E-state index in [1.54, 1.807) is 18.2 Å². The van der Waals surface area contributed by atoms with E-state index >= 15 is 0 Å². The second-order valence-corrected chi connectivity index (χ2v) is 2.58. The zero-order valence-corrected chi connectivity index (χ0v) is 6.14. The van der Waals surface area contributed by atoms with E-state index in [2.05, 4.69) is 0 Å². The van der Waals surface area contributed by atoms with Crippen LogP contribution in [0.25, 0.3) is 0 Å². The van der Waals surface area contributed by atoms with Crippen LogP contribution in [0.2, 0.25) is 0 Å². The number of allylic oxidation sites excluding steroid dienone is 3. The molecule has 0 saturated heterocycles. The Bertz CT molecular complexity index is 327. The zero-order chi connectivity index (χ0) is 8.72. The topological polar surface area (TPSA) is 60.8 Å². The summed E-state index contributed by atoms with van der Waals surface area (Å²) < 4.78 is 0. The molecule has 1 atom stereocenters. The highest BCUT2D eigenvalue weighted by molar-refractivity contribution is 5.90. The van der Waals surface area contributed by atoms with Gasteiger partial charge in [-0.1, -0.05) is 6.08 Å². The third-order valence-corrected chi connectivity index (χ3v) is 1.85. The van der Waals surface area contributed by atoms with Crippen LogP contribution in [0.15, 0.2) is 35.9 Å². The molecule has 1 amide bonds. The number of carbonyl (C=O) groups is 1. The molecule has 2 rings (SSSR count). The fraction of sp³-hybridized carbons (Fsp3) is 0.125. The van der Waals surface area contributed by atoms with Crippen molar-refractivity contribution in [2.24, 2.45) is 0 Å². The lowest BCUT2D eigenvalue weighted by Crippen LogP contribution is -2.27. The molecule has 62 valence electrons. The van der Waals surface area contributed by atoms with Gasteiger partial charge in [0.25, 0.3) is 5.91 Å². The van der Waals surface area contributed by atoms with Gasteiger partial charge < -0.3 is 10.2 Å². The van der Waals surface area contributed by atoms with Crippen molar-refractivity contribution in [1.29, 1.82) is 0 Å². The Hall–Kier alpha value is -1.55. The van der Waals surface area contributed by atoms with E-state index in [9.17, 15) is 9.90 Å². The number of carbonyl (C=O) groups excluding carboxylic acids is 1. The van der Waals surface area contributed by atoms with Crippen LogP contribution in [0.1, 0.15) is 0 Å². The summed E-state index contributed by atoms with van der Waals surface area (Å²) in [4.78, 5) is 12.4. The van der Waals surface area contributed by atoms with E-state index in [4.69, 9.17) is 5.11 Å². The number of fused-ring (bicyclic) bond motifs is 1. The third kappa shape index (κ3) is 0.724. The Balaban J connectivity index is 2.49. The Morgan fingerprint density at radius 3 is 2.83 bits per heavy atom. The zero-order valence-electron chi connectivity index (χ0n) is 6.14. The van der Waals surface area contributed by atoms with Crippen LogP contribution in [0.4, 0.5) is 0 Å². The normalized spacial score (nSPS) is 26.9. The van der Waals surface area contributed by atoms with Gasteiger partial charge in [-0.2, -0.15) is 0 Å². The average molecular weight is 165 g/mol. The van der Waals surface area contributed by atoms with Crippen molar-refractivity contribution < 1.29 is 15.0 Å². The number of hydrogen-bond donors (Lipinski definition) is 2. The molecule has 0 aromatic heterocycles. The van der Waals surface area contributed by atoms with Crippen LogP contribution in [0, 0.1) is 0 Å². The molecule has 0 aliphatic carbocycles. The van der Waals surface area contributed by atoms with Gasteiger partial charge in [0.05, 0.1) is 5.70 Å². The predicted octanol–water partition coefficient (Wildman–Crippen LogP) is 0.0426. The van der Waals surface area contributed by atoms with Gasteiger partial charge in [-0.15, -0.1) is 0 Å². The molecule has 1 unspecified atom stereocenters. The van der Waals surface area contributed by atoms with Crippen molar-refractivity contribution in [3.63, 3.8) is 0 Å². The van der Waals surface area contributed by atoms with E-state index in [0.29, 0.717) is 5.70 Å². The molecule has 0 aromatic rings. The van der Waals surface area contributed by atoms with E-state index in [1.165, 1.54) is 11.1 Å². The summed E-state index contributed by atoms with van der Waals surface area (Å²) in [5, 5.41) is 18.4. The maximum atomic E-state index is 11.1. The van der Waals surface area contributed by atoms with Gasteiger partial charge in [0.1, 0.15) is 0 Å². The fourth-order valence-corrected chi connectivity index (χ4v) is 1.23. The standard InChI is InChI=1S/C8H7NO3/c10-6-5-3-1-2-4-9(5)8(12)7(6)11/h1-4,7,10-11H. The summed E-state index contributed by atoms with van der Waals surface area (Å²) in [7, 11) is 0. The van der Waals surface area contributed by atoms with Crippen LogP contribution >= 0.6 is 0 Å². The number of rotatable bonds is 0. The highest BCUT2D eigenvalue weighted by atomic mass is 16.3. The summed E-state index contributed by atoms with van der Waals surface area (Å²) in [5.74, 6) is -0.788. The second kappa shape index (κ2) is 2.22. The van der Waals surface area contributed by atoms with Crippen molar-refractivity contribution in [1.82, 2.24) is 4.90 Å². The summed E-state index contributed by atoms with van der Waals surface area (Å²) in [6.07, 6.45) is 5.03. The fourth-order valence-electron chi connectivity index (χ4n) is 1.23. The minimum Gasteiger partial charge on any atom is -0.507 e. The van der Waals surface area contributed by atoms with Gasteiger partial charge in [0.2, 0.25) is 0 Å². The molecule has 2 N–H and O–H groups in total. The molecular weight excluding hydrogens is 158 g/mol. The average Bonchev–Trinajstić information content (AvgIpc) is 2.33. The molecule has 0 aromatic carbocycles. The Kier molecular flexibility index (Phi) is 1.31. The molecule has 0 bridgehead atoms. The summed E-state index contributed by atoms with van der Waals surface area (Å²) in [5.41, 5.74) is 0.356. The van der Waals surface area contributed by atoms with Crippen LogP contribution in [0.5, 0.6) is 0 Å². The van der Waals surface area contributed by atoms with Gasteiger partial charge >= 0.3 is 0 Å². The number of aliphatic hydroxyl groups is 2. The lowest BCUT2D eigenvalue weighted by molar-refractivity contribution is -0.132. The van der Waals surface area contributed by atoms with E-state index in [-0.39, 0.29) is 5.76 Å². The van der Waals surface area contributed by atoms with Crippen molar-refractivity contribution in [2.75, 3.05) is 0 Å². The molecule has 12 heavy (non-hydrogen) atoms. The molecule has 2 aliphatic heterocycles. The van der Waals surface area contributed by atoms with Gasteiger partial charge in [0, 0.05) is 6.20 Å². The van der Waals surface area contributed by atoms with Crippen molar-refractivity contribution >= 4 is 5.91 Å².